The highest BCUT2D eigenvalue weighted by Gasteiger charge is 2.20. The molecule has 0 aliphatic rings. The number of nitrogens with zero attached hydrogens (tertiary/aromatic N) is 1. The van der Waals surface area contributed by atoms with Crippen molar-refractivity contribution in [3.8, 4) is 11.8 Å². The van der Waals surface area contributed by atoms with Crippen LogP contribution in [0.1, 0.15) is 11.1 Å². The maximum Gasteiger partial charge on any atom is 0.279 e. The van der Waals surface area contributed by atoms with E-state index in [1.807, 2.05) is 10.8 Å². The van der Waals surface area contributed by atoms with Gasteiger partial charge in [0.05, 0.1) is 0 Å². The molecule has 0 radical (unpaired) electrons. The maximum atomic E-state index is 14.2. The summed E-state index contributed by atoms with van der Waals surface area (Å²) >= 11 is 0. The fourth-order valence-corrected chi connectivity index (χ4v) is 3.13. The molecule has 0 bridgehead atoms. The van der Waals surface area contributed by atoms with Crippen LogP contribution in [0.5, 0.6) is 0 Å². The van der Waals surface area contributed by atoms with Gasteiger partial charge in [-0.1, -0.05) is 36.1 Å². The van der Waals surface area contributed by atoms with Crippen LogP contribution in [0.2, 0.25) is 0 Å². The summed E-state index contributed by atoms with van der Waals surface area (Å²) in [5.74, 6) is 3.29. The molecule has 2 aromatic carbocycles. The van der Waals surface area contributed by atoms with Crippen LogP contribution in [-0.2, 0) is 10.0 Å². The molecule has 1 heterocycles. The number of benzene rings is 2. The second-order valence-electron chi connectivity index (χ2n) is 5.20. The van der Waals surface area contributed by atoms with E-state index in [1.165, 1.54) is 24.4 Å². The molecule has 0 saturated carbocycles. The molecule has 1 aromatic heterocycles. The first kappa shape index (κ1) is 17.6. The number of hydrogen-bond acceptors (Lipinski definition) is 3. The molecular formula is C19H12F2N2O2S. The number of rotatable bonds is 3. The Labute approximate surface area is 149 Å². The monoisotopic (exact) mass is 370 g/mol. The van der Waals surface area contributed by atoms with Crippen LogP contribution >= 0.6 is 0 Å². The van der Waals surface area contributed by atoms with E-state index in [2.05, 4.69) is 16.8 Å². The van der Waals surface area contributed by atoms with Crippen molar-refractivity contribution >= 4 is 15.7 Å². The molecule has 0 atom stereocenters. The third-order valence-electron chi connectivity index (χ3n) is 3.32. The van der Waals surface area contributed by atoms with Crippen molar-refractivity contribution in [1.82, 2.24) is 4.98 Å². The molecule has 0 unspecified atom stereocenters. The number of sulfonamides is 1. The molecule has 0 fully saturated rings. The van der Waals surface area contributed by atoms with Crippen molar-refractivity contribution in [2.45, 2.75) is 5.03 Å². The van der Waals surface area contributed by atoms with Crippen molar-refractivity contribution in [2.75, 3.05) is 4.72 Å². The Bertz CT molecular complexity index is 1070. The zero-order valence-corrected chi connectivity index (χ0v) is 14.1. The lowest BCUT2D eigenvalue weighted by Crippen LogP contribution is -2.16. The van der Waals surface area contributed by atoms with Crippen LogP contribution in [0.25, 0.3) is 0 Å². The van der Waals surface area contributed by atoms with Gasteiger partial charge in [-0.2, -0.15) is 8.42 Å². The first-order valence-corrected chi connectivity index (χ1v) is 8.94. The quantitative estimate of drug-likeness (QED) is 0.717. The van der Waals surface area contributed by atoms with E-state index >= 15 is 0 Å². The molecule has 26 heavy (non-hydrogen) atoms. The topological polar surface area (TPSA) is 59.1 Å². The zero-order chi connectivity index (χ0) is 18.6. The van der Waals surface area contributed by atoms with E-state index in [0.29, 0.717) is 5.56 Å². The Morgan fingerprint density at radius 1 is 0.846 bits per heavy atom. The van der Waals surface area contributed by atoms with Gasteiger partial charge >= 0.3 is 0 Å². The Kier molecular flexibility index (Phi) is 4.96. The van der Waals surface area contributed by atoms with Crippen molar-refractivity contribution in [3.63, 3.8) is 0 Å². The summed E-state index contributed by atoms with van der Waals surface area (Å²) in [4.78, 5) is 3.67. The lowest BCUT2D eigenvalue weighted by molar-refractivity contribution is 0.581. The Balaban J connectivity index is 1.90. The van der Waals surface area contributed by atoms with Crippen molar-refractivity contribution in [2.24, 2.45) is 0 Å². The van der Waals surface area contributed by atoms with Crippen molar-refractivity contribution in [3.05, 3.63) is 89.6 Å². The summed E-state index contributed by atoms with van der Waals surface area (Å²) in [5.41, 5.74) is -0.00111. The van der Waals surface area contributed by atoms with E-state index in [1.54, 1.807) is 24.3 Å². The average Bonchev–Trinajstić information content (AvgIpc) is 2.65. The number of halogens is 2. The molecule has 3 aromatic rings. The predicted molar refractivity (Wildman–Crippen MR) is 93.8 cm³/mol. The van der Waals surface area contributed by atoms with Crippen LogP contribution < -0.4 is 4.72 Å². The summed E-state index contributed by atoms with van der Waals surface area (Å²) in [6.45, 7) is 0. The molecule has 7 heteroatoms. The summed E-state index contributed by atoms with van der Waals surface area (Å²) in [6.07, 6.45) is 1.27. The average molecular weight is 370 g/mol. The largest absolute Gasteiger partial charge is 0.279 e. The second-order valence-corrected chi connectivity index (χ2v) is 6.83. The molecule has 1 N–H and O–H groups in total. The van der Waals surface area contributed by atoms with Gasteiger partial charge in [-0.3, -0.25) is 4.72 Å². The van der Waals surface area contributed by atoms with Crippen LogP contribution in [0.3, 0.4) is 0 Å². The van der Waals surface area contributed by atoms with E-state index in [4.69, 9.17) is 0 Å². The van der Waals surface area contributed by atoms with Gasteiger partial charge in [-0.25, -0.2) is 13.8 Å². The van der Waals surface area contributed by atoms with E-state index in [-0.39, 0.29) is 10.6 Å². The number of nitrogens with one attached hydrogen (secondary N) is 1. The number of anilines is 1. The molecule has 130 valence electrons. The summed E-state index contributed by atoms with van der Waals surface area (Å²) < 4.78 is 54.7. The molecular weight excluding hydrogens is 358 g/mol. The normalized spacial score (nSPS) is 10.7. The molecule has 0 aliphatic carbocycles. The summed E-state index contributed by atoms with van der Waals surface area (Å²) in [7, 11) is -4.20. The summed E-state index contributed by atoms with van der Waals surface area (Å²) in [6, 6.07) is 15.1. The minimum atomic E-state index is -4.20. The Morgan fingerprint density at radius 2 is 1.46 bits per heavy atom. The number of aromatic nitrogens is 1. The first-order chi connectivity index (χ1) is 12.5. The SMILES string of the molecule is O=S(=O)(Nc1c(F)cc(C#Cc2ccccc2)cc1F)c1ccccn1. The second kappa shape index (κ2) is 7.33. The number of pyridine rings is 1. The first-order valence-electron chi connectivity index (χ1n) is 7.46. The lowest BCUT2D eigenvalue weighted by Gasteiger charge is -2.09. The van der Waals surface area contributed by atoms with Gasteiger partial charge in [0.2, 0.25) is 0 Å². The smallest absolute Gasteiger partial charge is 0.273 e. The fourth-order valence-electron chi connectivity index (χ4n) is 2.10. The molecule has 3 rings (SSSR count). The minimum Gasteiger partial charge on any atom is -0.273 e. The Morgan fingerprint density at radius 3 is 2.08 bits per heavy atom. The Hall–Kier alpha value is -3.24. The van der Waals surface area contributed by atoms with Gasteiger partial charge in [0.15, 0.2) is 16.7 Å². The highest BCUT2D eigenvalue weighted by Crippen LogP contribution is 2.23. The molecule has 0 amide bonds. The highest BCUT2D eigenvalue weighted by molar-refractivity contribution is 7.92. The van der Waals surface area contributed by atoms with Crippen LogP contribution in [0, 0.1) is 23.5 Å². The third kappa shape index (κ3) is 4.05. The van der Waals surface area contributed by atoms with Crippen LogP contribution in [0.4, 0.5) is 14.5 Å². The minimum absolute atomic E-state index is 0.0876. The zero-order valence-electron chi connectivity index (χ0n) is 13.3. The van der Waals surface area contributed by atoms with Crippen molar-refractivity contribution in [1.29, 1.82) is 0 Å². The van der Waals surface area contributed by atoms with Gasteiger partial charge < -0.3 is 0 Å². The molecule has 0 aliphatic heterocycles. The third-order valence-corrected chi connectivity index (χ3v) is 4.58. The van der Waals surface area contributed by atoms with E-state index in [0.717, 1.165) is 12.1 Å². The molecule has 0 spiro atoms. The standard InChI is InChI=1S/C19H12F2N2O2S/c20-16-12-15(10-9-14-6-2-1-3-7-14)13-17(21)19(16)23-26(24,25)18-8-4-5-11-22-18/h1-8,11-13,23H. The molecule has 0 saturated heterocycles. The predicted octanol–water partition coefficient (Wildman–Crippen LogP) is 3.56. The van der Waals surface area contributed by atoms with Crippen molar-refractivity contribution < 1.29 is 17.2 Å². The van der Waals surface area contributed by atoms with E-state index < -0.39 is 27.3 Å². The van der Waals surface area contributed by atoms with Gasteiger partial charge in [0.1, 0.15) is 5.69 Å². The van der Waals surface area contributed by atoms with Gasteiger partial charge in [0.25, 0.3) is 10.0 Å². The van der Waals surface area contributed by atoms with Gasteiger partial charge in [-0.15, -0.1) is 0 Å². The van der Waals surface area contributed by atoms with E-state index in [9.17, 15) is 17.2 Å². The van der Waals surface area contributed by atoms with Crippen LogP contribution in [-0.4, -0.2) is 13.4 Å². The maximum absolute atomic E-state index is 14.2. The fraction of sp³-hybridized carbons (Fsp3) is 0. The highest BCUT2D eigenvalue weighted by atomic mass is 32.2. The summed E-state index contributed by atoms with van der Waals surface area (Å²) in [5, 5.41) is -0.341. The van der Waals surface area contributed by atoms with Gasteiger partial charge in [-0.05, 0) is 36.4 Å². The van der Waals surface area contributed by atoms with Crippen LogP contribution in [0.15, 0.2) is 71.9 Å². The number of hydrogen-bond donors (Lipinski definition) is 1. The molecule has 4 nitrogen and oxygen atoms in total. The van der Waals surface area contributed by atoms with Gasteiger partial charge in [0, 0.05) is 17.3 Å². The lowest BCUT2D eigenvalue weighted by atomic mass is 10.1.